The van der Waals surface area contributed by atoms with Gasteiger partial charge in [-0.15, -0.1) is 11.8 Å². The van der Waals surface area contributed by atoms with Gasteiger partial charge < -0.3 is 19.8 Å². The monoisotopic (exact) mass is 548 g/mol. The summed E-state index contributed by atoms with van der Waals surface area (Å²) in [7, 11) is 1.57. The number of aliphatic carboxylic acids is 1. The Morgan fingerprint density at radius 3 is 2.50 bits per heavy atom. The van der Waals surface area contributed by atoms with Gasteiger partial charge >= 0.3 is 5.97 Å². The number of hydrogen-bond donors (Lipinski definition) is 2. The van der Waals surface area contributed by atoms with Gasteiger partial charge in [-0.1, -0.05) is 0 Å². The van der Waals surface area contributed by atoms with Gasteiger partial charge in [0.15, 0.2) is 17.5 Å². The molecule has 10 heteroatoms. The highest BCUT2D eigenvalue weighted by Crippen LogP contribution is 2.40. The number of aromatic nitrogens is 1. The number of benzene rings is 2. The standard InChI is InChI=1S/C28H31F3N2O4S/c1-17-16-32-23-4-3-18(37-2)13-20(23)25(17)24(34)5-6-28(27(35)36)7-9-33(10-8-28)11-12-38-19-14-21(29)26(31)22(30)15-19/h3-4,13-16,24,34H,5-12H2,1-2H3,(H,35,36)/t24-/m0/s1. The quantitative estimate of drug-likeness (QED) is 0.247. The number of likely N-dealkylation sites (tertiary alicyclic amines) is 1. The summed E-state index contributed by atoms with van der Waals surface area (Å²) in [4.78, 5) is 19.2. The molecule has 1 aliphatic heterocycles. The predicted octanol–water partition coefficient (Wildman–Crippen LogP) is 5.74. The molecule has 3 aromatic rings. The number of pyridine rings is 1. The Balaban J connectivity index is 1.36. The van der Waals surface area contributed by atoms with Gasteiger partial charge in [0, 0.05) is 28.8 Å². The highest BCUT2D eigenvalue weighted by molar-refractivity contribution is 7.99. The van der Waals surface area contributed by atoms with Crippen molar-refractivity contribution < 1.29 is 32.9 Å². The average molecular weight is 549 g/mol. The molecule has 38 heavy (non-hydrogen) atoms. The molecule has 204 valence electrons. The number of aliphatic hydroxyl groups excluding tert-OH is 1. The lowest BCUT2D eigenvalue weighted by molar-refractivity contribution is -0.153. The number of carboxylic acid groups (broad SMARTS) is 1. The van der Waals surface area contributed by atoms with E-state index in [0.29, 0.717) is 61.7 Å². The number of carbonyl (C=O) groups is 1. The first-order chi connectivity index (χ1) is 18.1. The topological polar surface area (TPSA) is 82.9 Å². The molecular formula is C28H31F3N2O4S. The highest BCUT2D eigenvalue weighted by Gasteiger charge is 2.41. The van der Waals surface area contributed by atoms with Crippen LogP contribution in [-0.4, -0.2) is 58.6 Å². The zero-order chi connectivity index (χ0) is 27.4. The van der Waals surface area contributed by atoms with Crippen molar-refractivity contribution in [1.82, 2.24) is 9.88 Å². The molecule has 0 saturated carbocycles. The molecule has 0 amide bonds. The zero-order valence-corrected chi connectivity index (χ0v) is 22.2. The molecule has 0 aliphatic carbocycles. The summed E-state index contributed by atoms with van der Waals surface area (Å²) in [6.45, 7) is 3.60. The van der Waals surface area contributed by atoms with Crippen molar-refractivity contribution in [2.45, 2.75) is 43.6 Å². The average Bonchev–Trinajstić information content (AvgIpc) is 2.90. The summed E-state index contributed by atoms with van der Waals surface area (Å²) < 4.78 is 45.4. The number of halogens is 3. The lowest BCUT2D eigenvalue weighted by Crippen LogP contribution is -2.45. The molecule has 0 radical (unpaired) electrons. The van der Waals surface area contributed by atoms with Crippen LogP contribution in [0.1, 0.15) is 42.9 Å². The lowest BCUT2D eigenvalue weighted by Gasteiger charge is -2.39. The summed E-state index contributed by atoms with van der Waals surface area (Å²) in [5.41, 5.74) is 1.35. The summed E-state index contributed by atoms with van der Waals surface area (Å²) >= 11 is 1.22. The number of hydrogen-bond acceptors (Lipinski definition) is 6. The van der Waals surface area contributed by atoms with Crippen LogP contribution in [0.15, 0.2) is 41.4 Å². The van der Waals surface area contributed by atoms with E-state index in [4.69, 9.17) is 4.74 Å². The van der Waals surface area contributed by atoms with E-state index in [0.717, 1.165) is 34.2 Å². The van der Waals surface area contributed by atoms with E-state index in [1.807, 2.05) is 25.1 Å². The molecular weight excluding hydrogens is 517 g/mol. The molecule has 2 aromatic carbocycles. The van der Waals surface area contributed by atoms with Crippen LogP contribution in [0, 0.1) is 29.8 Å². The van der Waals surface area contributed by atoms with Crippen LogP contribution in [0.4, 0.5) is 13.2 Å². The molecule has 1 aromatic heterocycles. The van der Waals surface area contributed by atoms with E-state index in [1.165, 1.54) is 11.8 Å². The van der Waals surface area contributed by atoms with Crippen molar-refractivity contribution in [2.24, 2.45) is 5.41 Å². The van der Waals surface area contributed by atoms with Gasteiger partial charge in [-0.25, -0.2) is 13.2 Å². The number of aliphatic hydroxyl groups is 1. The minimum Gasteiger partial charge on any atom is -0.497 e. The number of piperidine rings is 1. The Hall–Kier alpha value is -2.82. The van der Waals surface area contributed by atoms with Crippen molar-refractivity contribution in [3.05, 3.63) is 65.1 Å². The minimum absolute atomic E-state index is 0.293. The van der Waals surface area contributed by atoms with Gasteiger partial charge in [-0.05, 0) is 87.2 Å². The molecule has 1 atom stereocenters. The summed E-state index contributed by atoms with van der Waals surface area (Å²) in [6.07, 6.45) is 2.35. The fourth-order valence-electron chi connectivity index (χ4n) is 5.10. The van der Waals surface area contributed by atoms with Crippen LogP contribution in [0.3, 0.4) is 0 Å². The van der Waals surface area contributed by atoms with Crippen molar-refractivity contribution >= 4 is 28.6 Å². The normalized spacial score (nSPS) is 16.5. The first-order valence-electron chi connectivity index (χ1n) is 12.5. The molecule has 1 aliphatic rings. The van der Waals surface area contributed by atoms with Gasteiger partial charge in [-0.2, -0.15) is 0 Å². The van der Waals surface area contributed by atoms with Crippen LogP contribution in [0.5, 0.6) is 5.75 Å². The van der Waals surface area contributed by atoms with E-state index in [-0.39, 0.29) is 0 Å². The van der Waals surface area contributed by atoms with Gasteiger partial charge in [0.25, 0.3) is 0 Å². The number of aryl methyl sites for hydroxylation is 1. The van der Waals surface area contributed by atoms with E-state index in [9.17, 15) is 28.2 Å². The SMILES string of the molecule is COc1ccc2ncc(C)c([C@@H](O)CCC3(C(=O)O)CCN(CCSc4cc(F)c(F)c(F)c4)CC3)c2c1. The fraction of sp³-hybridized carbons (Fsp3) is 0.429. The smallest absolute Gasteiger partial charge is 0.309 e. The summed E-state index contributed by atoms with van der Waals surface area (Å²) in [5, 5.41) is 22.1. The maximum absolute atomic E-state index is 13.4. The van der Waals surface area contributed by atoms with Gasteiger partial charge in [0.1, 0.15) is 5.75 Å². The molecule has 4 rings (SSSR count). The Bertz CT molecular complexity index is 1290. The van der Waals surface area contributed by atoms with Crippen molar-refractivity contribution in [3.63, 3.8) is 0 Å². The molecule has 0 bridgehead atoms. The third-order valence-electron chi connectivity index (χ3n) is 7.45. The number of carboxylic acids is 1. The molecule has 1 fully saturated rings. The number of thioether (sulfide) groups is 1. The van der Waals surface area contributed by atoms with E-state index < -0.39 is 34.9 Å². The Labute approximate surface area is 223 Å². The van der Waals surface area contributed by atoms with Crippen LogP contribution in [-0.2, 0) is 4.79 Å². The minimum atomic E-state index is -1.48. The lowest BCUT2D eigenvalue weighted by atomic mass is 9.74. The van der Waals surface area contributed by atoms with Crippen LogP contribution < -0.4 is 4.74 Å². The summed E-state index contributed by atoms with van der Waals surface area (Å²) in [5.74, 6) is -3.59. The molecule has 0 spiro atoms. The van der Waals surface area contributed by atoms with Crippen LogP contribution in [0.25, 0.3) is 10.9 Å². The first-order valence-corrected chi connectivity index (χ1v) is 13.5. The molecule has 2 N–H and O–H groups in total. The van der Waals surface area contributed by atoms with Gasteiger partial charge in [-0.3, -0.25) is 9.78 Å². The molecule has 0 unspecified atom stereocenters. The van der Waals surface area contributed by atoms with Gasteiger partial charge in [0.2, 0.25) is 0 Å². The second-order valence-corrected chi connectivity index (χ2v) is 10.9. The largest absolute Gasteiger partial charge is 0.497 e. The van der Waals surface area contributed by atoms with Gasteiger partial charge in [0.05, 0.1) is 24.1 Å². The molecule has 2 heterocycles. The number of fused-ring (bicyclic) bond motifs is 1. The van der Waals surface area contributed by atoms with Crippen molar-refractivity contribution in [2.75, 3.05) is 32.5 Å². The Morgan fingerprint density at radius 1 is 1.18 bits per heavy atom. The number of nitrogens with zero attached hydrogens (tertiary/aromatic N) is 2. The number of methoxy groups -OCH3 is 1. The number of rotatable bonds is 10. The Morgan fingerprint density at radius 2 is 1.87 bits per heavy atom. The molecule has 1 saturated heterocycles. The maximum atomic E-state index is 13.4. The van der Waals surface area contributed by atoms with E-state index >= 15 is 0 Å². The fourth-order valence-corrected chi connectivity index (χ4v) is 6.06. The van der Waals surface area contributed by atoms with E-state index in [2.05, 4.69) is 9.88 Å². The highest BCUT2D eigenvalue weighted by atomic mass is 32.2. The third-order valence-corrected chi connectivity index (χ3v) is 8.40. The predicted molar refractivity (Wildman–Crippen MR) is 140 cm³/mol. The zero-order valence-electron chi connectivity index (χ0n) is 21.3. The Kier molecular flexibility index (Phi) is 8.85. The number of ether oxygens (including phenoxy) is 1. The molecule has 6 nitrogen and oxygen atoms in total. The van der Waals surface area contributed by atoms with Crippen molar-refractivity contribution in [1.29, 1.82) is 0 Å². The van der Waals surface area contributed by atoms with Crippen LogP contribution >= 0.6 is 11.8 Å². The second-order valence-electron chi connectivity index (χ2n) is 9.77. The van der Waals surface area contributed by atoms with Crippen LogP contribution in [0.2, 0.25) is 0 Å². The second kappa shape index (κ2) is 11.9. The van der Waals surface area contributed by atoms with E-state index in [1.54, 1.807) is 13.3 Å². The first kappa shape index (κ1) is 28.2. The summed E-state index contributed by atoms with van der Waals surface area (Å²) in [6, 6.07) is 7.43. The third kappa shape index (κ3) is 6.08. The maximum Gasteiger partial charge on any atom is 0.309 e. The van der Waals surface area contributed by atoms with Crippen molar-refractivity contribution in [3.8, 4) is 5.75 Å².